The van der Waals surface area contributed by atoms with Gasteiger partial charge in [0.1, 0.15) is 0 Å². The molecule has 0 atom stereocenters. The molecule has 2 N–H and O–H groups in total. The average Bonchev–Trinajstić information content (AvgIpc) is 1.14. The van der Waals surface area contributed by atoms with Gasteiger partial charge in [-0.05, 0) is 0 Å². The molecule has 0 saturated heterocycles. The van der Waals surface area contributed by atoms with Gasteiger partial charge >= 0.3 is 55.7 Å². The molecular formula is H2CuO6S2Se. The molecule has 0 aromatic carbocycles. The predicted molar refractivity (Wildman–Crippen MR) is 28.9 cm³/mol. The van der Waals surface area contributed by atoms with Gasteiger partial charge in [0.05, 0.1) is 0 Å². The van der Waals surface area contributed by atoms with E-state index in [0.717, 1.165) is 0 Å². The van der Waals surface area contributed by atoms with Crippen LogP contribution in [-0.2, 0) is 34.1 Å². The molecule has 10 heteroatoms. The van der Waals surface area contributed by atoms with Crippen molar-refractivity contribution in [3.8, 4) is 0 Å². The summed E-state index contributed by atoms with van der Waals surface area (Å²) in [5.74, 6) is 0. The summed E-state index contributed by atoms with van der Waals surface area (Å²) in [7, 11) is -9.11. The average molecular weight is 305 g/mol. The third kappa shape index (κ3) is 11.6. The molecule has 0 aliphatic heterocycles. The quantitative estimate of drug-likeness (QED) is 0.465. The Kier molecular flexibility index (Phi) is 5.42. The van der Waals surface area contributed by atoms with Crippen molar-refractivity contribution in [1.82, 2.24) is 0 Å². The summed E-state index contributed by atoms with van der Waals surface area (Å²) in [5, 5.41) is 0. The maximum atomic E-state index is 9.69. The van der Waals surface area contributed by atoms with Crippen molar-refractivity contribution in [2.75, 3.05) is 0 Å². The van der Waals surface area contributed by atoms with Crippen LogP contribution in [0.2, 0.25) is 0 Å². The Hall–Kier alpha value is 0.859. The van der Waals surface area contributed by atoms with E-state index in [2.05, 4.69) is 0 Å². The molecule has 0 aliphatic carbocycles. The summed E-state index contributed by atoms with van der Waals surface area (Å²) in [6, 6.07) is 0. The van der Waals surface area contributed by atoms with Gasteiger partial charge in [0.25, 0.3) is 0 Å². The van der Waals surface area contributed by atoms with E-state index in [9.17, 15) is 16.8 Å². The van der Waals surface area contributed by atoms with Crippen LogP contribution in [-0.4, -0.2) is 38.7 Å². The number of rotatable bonds is 2. The fourth-order valence-corrected chi connectivity index (χ4v) is 5.08. The molecule has 0 heterocycles. The smallest absolute Gasteiger partial charge is 0 e. The van der Waals surface area contributed by atoms with Crippen LogP contribution >= 0.6 is 0 Å². The molecular weight excluding hydrogens is 303 g/mol. The Bertz CT molecular complexity index is 241. The fourth-order valence-electron chi connectivity index (χ4n) is 0.109. The molecule has 67 valence electrons. The third-order valence-electron chi connectivity index (χ3n) is 0.172. The molecule has 0 saturated carbocycles. The minimum absolute atomic E-state index is 0. The van der Waals surface area contributed by atoms with E-state index in [0.29, 0.717) is 0 Å². The summed E-state index contributed by atoms with van der Waals surface area (Å²) in [6.07, 6.45) is 0. The van der Waals surface area contributed by atoms with Crippen molar-refractivity contribution >= 4 is 29.8 Å². The SMILES string of the molecule is O=S(=O)(O)[Se]S(=O)(=O)O.[Cu]. The first-order chi connectivity index (χ1) is 3.71. The first-order valence-corrected chi connectivity index (χ1v) is 8.29. The van der Waals surface area contributed by atoms with E-state index in [1.54, 1.807) is 0 Å². The Balaban J connectivity index is 0. The first kappa shape index (κ1) is 13.4. The Morgan fingerprint density at radius 2 is 1.10 bits per heavy atom. The van der Waals surface area contributed by atoms with Crippen LogP contribution in [0.25, 0.3) is 0 Å². The summed E-state index contributed by atoms with van der Waals surface area (Å²) in [4.78, 5) is 0. The van der Waals surface area contributed by atoms with Gasteiger partial charge in [-0.2, -0.15) is 0 Å². The second-order valence-electron chi connectivity index (χ2n) is 0.924. The third-order valence-corrected chi connectivity index (χ3v) is 8.04. The largest absolute Gasteiger partial charge is 0 e. The zero-order valence-electron chi connectivity index (χ0n) is 4.05. The van der Waals surface area contributed by atoms with E-state index in [1.165, 1.54) is 0 Å². The van der Waals surface area contributed by atoms with Gasteiger partial charge in [-0.15, -0.1) is 0 Å². The number of hydrogen-bond acceptors (Lipinski definition) is 4. The van der Waals surface area contributed by atoms with Gasteiger partial charge in [-0.3, -0.25) is 0 Å². The summed E-state index contributed by atoms with van der Waals surface area (Å²) < 4.78 is 54.4. The summed E-state index contributed by atoms with van der Waals surface area (Å²) in [5.41, 5.74) is 0. The van der Waals surface area contributed by atoms with Crippen LogP contribution in [0.4, 0.5) is 0 Å². The standard InChI is InChI=1S/Cu.H2O6S2Se/c;1-7(2,3)9-8(4,5)6/h;(H,1,2,3)(H,4,5,6). The van der Waals surface area contributed by atoms with Crippen molar-refractivity contribution in [3.05, 3.63) is 0 Å². The second-order valence-corrected chi connectivity index (χ2v) is 11.1. The van der Waals surface area contributed by atoms with Gasteiger partial charge in [0.15, 0.2) is 0 Å². The minimum atomic E-state index is -4.56. The molecule has 0 unspecified atom stereocenters. The van der Waals surface area contributed by atoms with Gasteiger partial charge < -0.3 is 0 Å². The van der Waals surface area contributed by atoms with Crippen molar-refractivity contribution in [2.24, 2.45) is 0 Å². The minimum Gasteiger partial charge on any atom is 0 e. The maximum Gasteiger partial charge on any atom is 0 e. The van der Waals surface area contributed by atoms with E-state index in [1.807, 2.05) is 0 Å². The molecule has 0 fully saturated rings. The normalized spacial score (nSPS) is 12.2. The van der Waals surface area contributed by atoms with Crippen LogP contribution in [0.5, 0.6) is 0 Å². The van der Waals surface area contributed by atoms with Crippen molar-refractivity contribution in [2.45, 2.75) is 0 Å². The molecule has 0 aromatic heterocycles. The van der Waals surface area contributed by atoms with E-state index < -0.39 is 29.8 Å². The fraction of sp³-hybridized carbons (Fsp3) is 0. The molecule has 0 aromatic rings. The van der Waals surface area contributed by atoms with Gasteiger partial charge in [0.2, 0.25) is 0 Å². The Labute approximate surface area is 72.6 Å². The summed E-state index contributed by atoms with van der Waals surface area (Å²) in [6.45, 7) is 0. The monoisotopic (exact) mass is 305 g/mol. The van der Waals surface area contributed by atoms with Gasteiger partial charge in [-0.1, -0.05) is 0 Å². The first-order valence-electron chi connectivity index (χ1n) is 1.37. The molecule has 0 aliphatic rings. The zero-order valence-corrected chi connectivity index (χ0v) is 8.34. The van der Waals surface area contributed by atoms with E-state index >= 15 is 0 Å². The van der Waals surface area contributed by atoms with E-state index in [-0.39, 0.29) is 17.1 Å². The van der Waals surface area contributed by atoms with Crippen molar-refractivity contribution in [3.63, 3.8) is 0 Å². The molecule has 0 spiro atoms. The molecule has 0 bridgehead atoms. The predicted octanol–water partition coefficient (Wildman–Crippen LogP) is -1.71. The maximum absolute atomic E-state index is 9.69. The van der Waals surface area contributed by atoms with E-state index in [4.69, 9.17) is 9.11 Å². The second kappa shape index (κ2) is 4.03. The molecule has 0 rings (SSSR count). The van der Waals surface area contributed by atoms with Crippen molar-refractivity contribution in [1.29, 1.82) is 0 Å². The van der Waals surface area contributed by atoms with Gasteiger partial charge in [0, 0.05) is 17.1 Å². The Morgan fingerprint density at radius 3 is 1.10 bits per heavy atom. The van der Waals surface area contributed by atoms with Crippen molar-refractivity contribution < 1.29 is 43.0 Å². The van der Waals surface area contributed by atoms with Crippen LogP contribution in [0.1, 0.15) is 0 Å². The van der Waals surface area contributed by atoms with Crippen LogP contribution < -0.4 is 0 Å². The van der Waals surface area contributed by atoms with Crippen LogP contribution in [0.15, 0.2) is 0 Å². The Morgan fingerprint density at radius 1 is 0.900 bits per heavy atom. The zero-order chi connectivity index (χ0) is 7.71. The topological polar surface area (TPSA) is 109 Å². The molecule has 1 radical (unpaired) electrons. The number of hydrogen-bond donors (Lipinski definition) is 2. The van der Waals surface area contributed by atoms with Crippen LogP contribution in [0, 0.1) is 0 Å². The summed E-state index contributed by atoms with van der Waals surface area (Å²) >= 11 is -2.19. The molecule has 10 heavy (non-hydrogen) atoms. The molecule has 6 nitrogen and oxygen atoms in total. The molecule has 0 amide bonds. The van der Waals surface area contributed by atoms with Gasteiger partial charge in [-0.25, -0.2) is 0 Å². The van der Waals surface area contributed by atoms with Crippen LogP contribution in [0.3, 0.4) is 0 Å².